The highest BCUT2D eigenvalue weighted by Crippen LogP contribution is 2.75. The number of ether oxygens (including phenoxy) is 5. The summed E-state index contributed by atoms with van der Waals surface area (Å²) in [6.45, 7) is 27.2. The Kier molecular flexibility index (Phi) is 31.4. The van der Waals surface area contributed by atoms with E-state index in [9.17, 15) is 79.2 Å². The molecule has 0 radical (unpaired) electrons. The SMILES string of the molecule is CC(CCC(=O)O)C1CCC2C3C(C[C@H](O)[C@]12C)[C@@]1(C)CC[C@@H](O)C[C@H]1C[C@H]3O.COC(=O)CCC(C)C1CCC2C3C(C[C@H](O)[C@]12C)[C@@]1(C)CCC(=O)C[C@H]1C[C@H]3O.COC(=O)CCC(C)C1CCC2C3C(C[C@H](O)[C@]12C)[C@@]1(C)CC[C@@H](O)C[C@H]1C[C@H]3O.COC(=O)CCC(C)C1CCC2C3C(C[C@H](OC(=O)c4ccccc4)[C@]12C)[C@@]1(C)CCC(=O)C[C@H]1C[C@H]3OC(=O)c1ccccc1. The van der Waals surface area contributed by atoms with Crippen molar-refractivity contribution in [3.05, 3.63) is 71.8 Å². The lowest BCUT2D eigenvalue weighted by Crippen LogP contribution is -2.63. The highest BCUT2D eigenvalue weighted by Gasteiger charge is 2.72. The number of hydrogen-bond acceptors (Lipinski definition) is 21. The van der Waals surface area contributed by atoms with E-state index in [1.54, 1.807) is 24.3 Å². The van der Waals surface area contributed by atoms with Crippen molar-refractivity contribution in [3.63, 3.8) is 0 Å². The largest absolute Gasteiger partial charge is 0.481 e. The van der Waals surface area contributed by atoms with Gasteiger partial charge in [-0.15, -0.1) is 0 Å². The van der Waals surface area contributed by atoms with Crippen LogP contribution in [-0.4, -0.2) is 176 Å². The van der Waals surface area contributed by atoms with Crippen LogP contribution in [0, 0.1) is 185 Å². The van der Waals surface area contributed by atoms with Crippen LogP contribution in [0.15, 0.2) is 60.7 Å². The normalized spacial score (nSPS) is 45.8. The topological polar surface area (TPSA) is 365 Å². The summed E-state index contributed by atoms with van der Waals surface area (Å²) in [5, 5.41) is 97.9. The predicted molar refractivity (Wildman–Crippen MR) is 511 cm³/mol. The smallest absolute Gasteiger partial charge is 0.338 e. The molecule has 22 nitrogen and oxygen atoms in total. The maximum atomic E-state index is 13.7. The van der Waals surface area contributed by atoms with Crippen molar-refractivity contribution in [2.24, 2.45) is 185 Å². The van der Waals surface area contributed by atoms with Crippen LogP contribution in [0.1, 0.15) is 335 Å². The van der Waals surface area contributed by atoms with Gasteiger partial charge >= 0.3 is 35.8 Å². The van der Waals surface area contributed by atoms with Gasteiger partial charge in [0.25, 0.3) is 0 Å². The number of carboxylic acids is 1. The molecular formula is C113H170O22. The summed E-state index contributed by atoms with van der Waals surface area (Å²) in [4.78, 5) is 98.7. The lowest BCUT2D eigenvalue weighted by molar-refractivity contribution is -0.207. The molecule has 0 bridgehead atoms. The van der Waals surface area contributed by atoms with Crippen molar-refractivity contribution in [1.29, 1.82) is 0 Å². The Balaban J connectivity index is 0.000000140. The van der Waals surface area contributed by atoms with Gasteiger partial charge in [0.05, 0.1) is 81.3 Å². The quantitative estimate of drug-likeness (QED) is 0.0439. The lowest BCUT2D eigenvalue weighted by atomic mass is 9.43. The van der Waals surface area contributed by atoms with Gasteiger partial charge in [0.2, 0.25) is 0 Å². The molecule has 16 aliphatic rings. The molecule has 0 amide bonds. The van der Waals surface area contributed by atoms with E-state index in [0.717, 1.165) is 154 Å². The molecule has 16 fully saturated rings. The summed E-state index contributed by atoms with van der Waals surface area (Å²) in [6, 6.07) is 18.3. The standard InChI is InChI=1S/C39H48O7.C25H42O5.C25H40O5.C24H40O5/c1-24(15-18-34(41)44-4)29-16-17-30-35-31(23-33(39(29,30)3)46-37(43)26-13-9-6-10-14-26)38(2)20-19-28(40)21-27(38)22-32(35)45-36(42)25-11-7-5-8-12-25;2*1-14(5-8-22(29)30-4)17-6-7-18-23-19(13-21(28)25(17,18)3)24(2)10-9-16(26)11-15(24)12-20(23)27;1-13(4-7-21(28)29)16-5-6-17-22-18(12-20(27)24(16,17)3)23(2)9-8-15(25)10-14(23)11-19(22)26/h5-14,24,27,29-33,35H,15-23H2,1-4H3;14-21,23,26-28H,5-13H2,1-4H3;14-15,17-21,23,27-28H,5-13H2,1-4H3;13-20,22,25-27H,4-12H2,1-3H3,(H,28,29)/t24?,27-,29?,30?,31?,32+,33-,35?,38-,39+;14?,15-,16+,17?,18?,19?,20+,21-,23?,24-,25+;14?,15-,17?,18?,19?,20+,21-,23?,24-,25+;13?,14-,15+,16?,17?,18?,19+,20-,22?,23-,24+/m0000/s1. The molecule has 2 aromatic rings. The summed E-state index contributed by atoms with van der Waals surface area (Å²) in [6.07, 6.45) is 24.2. The maximum Gasteiger partial charge on any atom is 0.338 e. The minimum atomic E-state index is -0.748. The number of ketones is 2. The second-order valence-electron chi connectivity index (χ2n) is 49.4. The first kappa shape index (κ1) is 104. The number of Topliss-reactive ketones (excluding diaryl/α,β-unsaturated/α-hetero) is 2. The zero-order valence-corrected chi connectivity index (χ0v) is 84.2. The number of carbonyl (C=O) groups is 8. The van der Waals surface area contributed by atoms with E-state index < -0.39 is 18.2 Å². The highest BCUT2D eigenvalue weighted by atomic mass is 16.6. The van der Waals surface area contributed by atoms with E-state index in [1.165, 1.54) is 21.3 Å². The zero-order chi connectivity index (χ0) is 97.5. The Bertz CT molecular complexity index is 4480. The van der Waals surface area contributed by atoms with Crippen LogP contribution in [0.5, 0.6) is 0 Å². The van der Waals surface area contributed by atoms with Crippen LogP contribution >= 0.6 is 0 Å². The number of rotatable bonds is 20. The Labute approximate surface area is 804 Å². The third-order valence-electron chi connectivity index (χ3n) is 44.1. The third kappa shape index (κ3) is 19.0. The van der Waals surface area contributed by atoms with Gasteiger partial charge in [-0.25, -0.2) is 9.59 Å². The molecule has 0 spiro atoms. The summed E-state index contributed by atoms with van der Waals surface area (Å²) in [5.74, 6) is 5.03. The Morgan fingerprint density at radius 1 is 0.348 bits per heavy atom. The second-order valence-corrected chi connectivity index (χ2v) is 49.4. The molecule has 42 atom stereocenters. The Hall–Kier alpha value is -5.72. The monoisotopic (exact) mass is 1880 g/mol. The average Bonchev–Trinajstić information content (AvgIpc) is 1.65. The van der Waals surface area contributed by atoms with E-state index in [0.29, 0.717) is 159 Å². The molecule has 0 aromatic heterocycles. The van der Waals surface area contributed by atoms with Gasteiger partial charge in [-0.1, -0.05) is 119 Å². The number of carbonyl (C=O) groups excluding carboxylic acids is 7. The molecule has 9 N–H and O–H groups in total. The minimum Gasteiger partial charge on any atom is -0.481 e. The fraction of sp³-hybridized carbons (Fsp3) is 0.823. The molecule has 0 heterocycles. The summed E-state index contributed by atoms with van der Waals surface area (Å²) >= 11 is 0. The van der Waals surface area contributed by atoms with Crippen molar-refractivity contribution in [2.75, 3.05) is 21.3 Å². The third-order valence-corrected chi connectivity index (χ3v) is 44.1. The van der Waals surface area contributed by atoms with E-state index in [-0.39, 0.29) is 205 Å². The number of aliphatic hydroxyl groups excluding tert-OH is 8. The zero-order valence-electron chi connectivity index (χ0n) is 84.2. The number of methoxy groups -OCH3 is 3. The molecule has 754 valence electrons. The predicted octanol–water partition coefficient (Wildman–Crippen LogP) is 18.2. The molecule has 18 rings (SSSR count). The van der Waals surface area contributed by atoms with E-state index in [2.05, 4.69) is 83.1 Å². The molecule has 22 heteroatoms. The van der Waals surface area contributed by atoms with E-state index in [4.69, 9.17) is 28.8 Å². The number of benzene rings is 2. The number of carboxylic acid groups (broad SMARTS) is 1. The van der Waals surface area contributed by atoms with Gasteiger partial charge in [0.1, 0.15) is 23.8 Å². The summed E-state index contributed by atoms with van der Waals surface area (Å²) in [5.41, 5.74) is 0.156. The number of aliphatic hydroxyl groups is 8. The van der Waals surface area contributed by atoms with Crippen LogP contribution in [0.3, 0.4) is 0 Å². The molecule has 16 aliphatic carbocycles. The van der Waals surface area contributed by atoms with Crippen molar-refractivity contribution >= 4 is 47.4 Å². The molecule has 135 heavy (non-hydrogen) atoms. The van der Waals surface area contributed by atoms with Gasteiger partial charge in [-0.3, -0.25) is 28.8 Å². The van der Waals surface area contributed by atoms with Gasteiger partial charge in [0.15, 0.2) is 0 Å². The fourth-order valence-electron chi connectivity index (χ4n) is 36.4. The second kappa shape index (κ2) is 40.9. The number of esters is 5. The maximum absolute atomic E-state index is 13.7. The van der Waals surface area contributed by atoms with Crippen LogP contribution in [0.2, 0.25) is 0 Å². The van der Waals surface area contributed by atoms with E-state index in [1.807, 2.05) is 36.4 Å². The first-order valence-electron chi connectivity index (χ1n) is 53.3. The first-order valence-corrected chi connectivity index (χ1v) is 53.3. The fourth-order valence-corrected chi connectivity index (χ4v) is 36.4. The average molecular weight is 1880 g/mol. The van der Waals surface area contributed by atoms with Crippen LogP contribution < -0.4 is 0 Å². The van der Waals surface area contributed by atoms with Crippen molar-refractivity contribution in [2.45, 2.75) is 375 Å². The van der Waals surface area contributed by atoms with Gasteiger partial charge in [0, 0.05) is 62.7 Å². The van der Waals surface area contributed by atoms with Crippen LogP contribution in [-0.2, 0) is 52.5 Å². The van der Waals surface area contributed by atoms with Gasteiger partial charge < -0.3 is 69.6 Å². The number of fused-ring (bicyclic) bond motifs is 20. The molecule has 2 aromatic carbocycles. The highest BCUT2D eigenvalue weighted by molar-refractivity contribution is 5.90. The molecule has 0 saturated heterocycles. The minimum absolute atomic E-state index is 0.0503. The summed E-state index contributed by atoms with van der Waals surface area (Å²) < 4.78 is 27.7. The summed E-state index contributed by atoms with van der Waals surface area (Å²) in [7, 11) is 4.29. The van der Waals surface area contributed by atoms with Gasteiger partial charge in [-0.05, 0) is 378 Å². The van der Waals surface area contributed by atoms with E-state index >= 15 is 0 Å². The van der Waals surface area contributed by atoms with Crippen molar-refractivity contribution in [3.8, 4) is 0 Å². The first-order chi connectivity index (χ1) is 63.9. The molecule has 16 saturated carbocycles. The number of hydrogen-bond donors (Lipinski definition) is 9. The number of aliphatic carboxylic acids is 1. The van der Waals surface area contributed by atoms with Gasteiger partial charge in [-0.2, -0.15) is 0 Å². The van der Waals surface area contributed by atoms with Crippen LogP contribution in [0.4, 0.5) is 0 Å². The van der Waals surface area contributed by atoms with Crippen molar-refractivity contribution < 1.29 is 108 Å². The molecule has 20 unspecified atom stereocenters. The Morgan fingerprint density at radius 2 is 0.659 bits per heavy atom. The Morgan fingerprint density at radius 3 is 1.01 bits per heavy atom. The lowest BCUT2D eigenvalue weighted by Gasteiger charge is -2.63. The molecular weight excluding hydrogens is 1710 g/mol. The molecule has 0 aliphatic heterocycles. The van der Waals surface area contributed by atoms with Crippen LogP contribution in [0.25, 0.3) is 0 Å². The van der Waals surface area contributed by atoms with Crippen molar-refractivity contribution in [1.82, 2.24) is 0 Å².